The van der Waals surface area contributed by atoms with Crippen molar-refractivity contribution in [1.82, 2.24) is 5.32 Å². The molecule has 0 unspecified atom stereocenters. The topological polar surface area (TPSA) is 98.2 Å². The van der Waals surface area contributed by atoms with Crippen molar-refractivity contribution in [2.24, 2.45) is 11.5 Å². The largest absolute Gasteiger partial charge is 0.368 e. The predicted octanol–water partition coefficient (Wildman–Crippen LogP) is 3.14. The molecular formula is C26H29N3O2. The quantitative estimate of drug-likeness (QED) is 0.419. The zero-order valence-electron chi connectivity index (χ0n) is 17.5. The summed E-state index contributed by atoms with van der Waals surface area (Å²) in [4.78, 5) is 27.0. The normalized spacial score (nSPS) is 13.0. The molecule has 160 valence electrons. The number of nitrogens with one attached hydrogen (secondary N) is 1. The zero-order valence-corrected chi connectivity index (χ0v) is 17.5. The maximum Gasteiger partial charge on any atom is 0.245 e. The molecule has 31 heavy (non-hydrogen) atoms. The average molecular weight is 416 g/mol. The molecule has 0 aliphatic carbocycles. The van der Waals surface area contributed by atoms with Crippen LogP contribution in [-0.4, -0.2) is 23.8 Å². The van der Waals surface area contributed by atoms with E-state index in [4.69, 9.17) is 11.5 Å². The SMILES string of the molecule is NCCC[C@](NCc1ccccc1)(C(N)=O)C(=O)C(c1ccccc1)c1ccccc1. The first-order valence-corrected chi connectivity index (χ1v) is 10.5. The van der Waals surface area contributed by atoms with E-state index in [9.17, 15) is 9.59 Å². The van der Waals surface area contributed by atoms with Gasteiger partial charge in [-0.1, -0.05) is 91.0 Å². The minimum atomic E-state index is -1.54. The lowest BCUT2D eigenvalue weighted by Crippen LogP contribution is -2.62. The van der Waals surface area contributed by atoms with Gasteiger partial charge in [-0.05, 0) is 36.1 Å². The number of benzene rings is 3. The van der Waals surface area contributed by atoms with E-state index in [1.807, 2.05) is 91.0 Å². The van der Waals surface area contributed by atoms with Crippen molar-refractivity contribution in [2.45, 2.75) is 30.8 Å². The van der Waals surface area contributed by atoms with Crippen molar-refractivity contribution in [3.05, 3.63) is 108 Å². The fourth-order valence-electron chi connectivity index (χ4n) is 3.88. The lowest BCUT2D eigenvalue weighted by Gasteiger charge is -2.34. The molecule has 0 heterocycles. The predicted molar refractivity (Wildman–Crippen MR) is 123 cm³/mol. The molecule has 5 nitrogen and oxygen atoms in total. The van der Waals surface area contributed by atoms with Gasteiger partial charge in [0.25, 0.3) is 0 Å². The Morgan fingerprint density at radius 2 is 1.29 bits per heavy atom. The molecular weight excluding hydrogens is 386 g/mol. The summed E-state index contributed by atoms with van der Waals surface area (Å²) in [5.41, 5.74) is 12.7. The van der Waals surface area contributed by atoms with Crippen LogP contribution in [0.25, 0.3) is 0 Å². The second-order valence-electron chi connectivity index (χ2n) is 7.62. The van der Waals surface area contributed by atoms with Crippen LogP contribution in [0.1, 0.15) is 35.4 Å². The van der Waals surface area contributed by atoms with Crippen molar-refractivity contribution in [3.63, 3.8) is 0 Å². The van der Waals surface area contributed by atoms with Crippen LogP contribution < -0.4 is 16.8 Å². The molecule has 3 rings (SSSR count). The second kappa shape index (κ2) is 10.7. The van der Waals surface area contributed by atoms with Gasteiger partial charge >= 0.3 is 0 Å². The van der Waals surface area contributed by atoms with Crippen LogP contribution in [0.15, 0.2) is 91.0 Å². The van der Waals surface area contributed by atoms with Gasteiger partial charge < -0.3 is 11.5 Å². The smallest absolute Gasteiger partial charge is 0.245 e. The van der Waals surface area contributed by atoms with E-state index in [0.717, 1.165) is 16.7 Å². The van der Waals surface area contributed by atoms with Crippen LogP contribution in [0.3, 0.4) is 0 Å². The highest BCUT2D eigenvalue weighted by Gasteiger charge is 2.47. The third kappa shape index (κ3) is 5.26. The molecule has 0 fully saturated rings. The summed E-state index contributed by atoms with van der Waals surface area (Å²) >= 11 is 0. The Morgan fingerprint density at radius 3 is 1.74 bits per heavy atom. The molecule has 5 N–H and O–H groups in total. The van der Waals surface area contributed by atoms with Gasteiger partial charge in [-0.25, -0.2) is 0 Å². The van der Waals surface area contributed by atoms with Gasteiger partial charge in [-0.2, -0.15) is 0 Å². The lowest BCUT2D eigenvalue weighted by atomic mass is 9.75. The average Bonchev–Trinajstić information content (AvgIpc) is 2.81. The highest BCUT2D eigenvalue weighted by atomic mass is 16.2. The molecule has 0 bridgehead atoms. The van der Waals surface area contributed by atoms with Crippen molar-refractivity contribution in [1.29, 1.82) is 0 Å². The summed E-state index contributed by atoms with van der Waals surface area (Å²) in [7, 11) is 0. The van der Waals surface area contributed by atoms with Gasteiger partial charge in [0.1, 0.15) is 0 Å². The van der Waals surface area contributed by atoms with Crippen LogP contribution >= 0.6 is 0 Å². The standard InChI is InChI=1S/C26H29N3O2/c27-18-10-17-26(25(28)31,29-19-20-11-4-1-5-12-20)24(30)23(21-13-6-2-7-14-21)22-15-8-3-9-16-22/h1-9,11-16,23,29H,10,17-19,27H2,(H2,28,31)/t26-/m1/s1. The molecule has 0 saturated carbocycles. The van der Waals surface area contributed by atoms with Gasteiger partial charge in [0.05, 0.1) is 5.92 Å². The number of rotatable bonds is 11. The second-order valence-corrected chi connectivity index (χ2v) is 7.62. The van der Waals surface area contributed by atoms with Crippen LogP contribution in [0, 0.1) is 0 Å². The highest BCUT2D eigenvalue weighted by molar-refractivity contribution is 6.13. The van der Waals surface area contributed by atoms with Gasteiger partial charge in [0.15, 0.2) is 11.3 Å². The molecule has 0 saturated heterocycles. The Balaban J connectivity index is 2.05. The molecule has 0 spiro atoms. The third-order valence-electron chi connectivity index (χ3n) is 5.56. The van der Waals surface area contributed by atoms with Gasteiger partial charge in [0.2, 0.25) is 5.91 Å². The third-order valence-corrected chi connectivity index (χ3v) is 5.56. The first-order valence-electron chi connectivity index (χ1n) is 10.5. The van der Waals surface area contributed by atoms with E-state index in [2.05, 4.69) is 5.32 Å². The van der Waals surface area contributed by atoms with E-state index in [1.165, 1.54) is 0 Å². The first kappa shape index (κ1) is 22.4. The summed E-state index contributed by atoms with van der Waals surface area (Å²) in [6.45, 7) is 0.701. The van der Waals surface area contributed by atoms with Crippen molar-refractivity contribution >= 4 is 11.7 Å². The summed E-state index contributed by atoms with van der Waals surface area (Å²) < 4.78 is 0. The molecule has 0 aliphatic rings. The summed E-state index contributed by atoms with van der Waals surface area (Å²) in [5, 5.41) is 3.22. The first-order chi connectivity index (χ1) is 15.1. The number of hydrogen-bond donors (Lipinski definition) is 3. The minimum absolute atomic E-state index is 0.237. The molecule has 3 aromatic carbocycles. The van der Waals surface area contributed by atoms with E-state index < -0.39 is 17.4 Å². The van der Waals surface area contributed by atoms with Crippen LogP contribution in [0.4, 0.5) is 0 Å². The highest BCUT2D eigenvalue weighted by Crippen LogP contribution is 2.32. The van der Waals surface area contributed by atoms with Gasteiger partial charge in [-0.15, -0.1) is 0 Å². The number of ketones is 1. The van der Waals surface area contributed by atoms with E-state index in [0.29, 0.717) is 19.5 Å². The molecule has 5 heteroatoms. The number of carbonyl (C=O) groups is 2. The zero-order chi connectivity index (χ0) is 22.1. The van der Waals surface area contributed by atoms with E-state index in [1.54, 1.807) is 0 Å². The number of Topliss-reactive ketones (excluding diaryl/α,β-unsaturated/α-hetero) is 1. The Hall–Kier alpha value is -3.28. The summed E-state index contributed by atoms with van der Waals surface area (Å²) in [6.07, 6.45) is 0.730. The van der Waals surface area contributed by atoms with Crippen LogP contribution in [0.2, 0.25) is 0 Å². The van der Waals surface area contributed by atoms with Crippen molar-refractivity contribution in [2.75, 3.05) is 6.54 Å². The number of nitrogens with two attached hydrogens (primary N) is 2. The van der Waals surface area contributed by atoms with Gasteiger partial charge in [0, 0.05) is 6.54 Å². The number of hydrogen-bond acceptors (Lipinski definition) is 4. The molecule has 0 aromatic heterocycles. The maximum atomic E-state index is 14.1. The molecule has 1 atom stereocenters. The number of carbonyl (C=O) groups excluding carboxylic acids is 2. The summed E-state index contributed by atoms with van der Waals surface area (Å²) in [6, 6.07) is 28.6. The Kier molecular flexibility index (Phi) is 7.70. The van der Waals surface area contributed by atoms with Crippen LogP contribution in [-0.2, 0) is 16.1 Å². The van der Waals surface area contributed by atoms with Crippen molar-refractivity contribution < 1.29 is 9.59 Å². The van der Waals surface area contributed by atoms with E-state index in [-0.39, 0.29) is 12.2 Å². The minimum Gasteiger partial charge on any atom is -0.368 e. The van der Waals surface area contributed by atoms with Crippen molar-refractivity contribution in [3.8, 4) is 0 Å². The van der Waals surface area contributed by atoms with Gasteiger partial charge in [-0.3, -0.25) is 14.9 Å². The molecule has 3 aromatic rings. The summed E-state index contributed by atoms with van der Waals surface area (Å²) in [5.74, 6) is -1.57. The monoisotopic (exact) mass is 415 g/mol. The number of amides is 1. The number of primary amides is 1. The fraction of sp³-hybridized carbons (Fsp3) is 0.231. The molecule has 0 radical (unpaired) electrons. The Bertz CT molecular complexity index is 938. The lowest BCUT2D eigenvalue weighted by molar-refractivity contribution is -0.137. The van der Waals surface area contributed by atoms with E-state index >= 15 is 0 Å². The Morgan fingerprint density at radius 1 is 0.806 bits per heavy atom. The fourth-order valence-corrected chi connectivity index (χ4v) is 3.88. The molecule has 0 aliphatic heterocycles. The maximum absolute atomic E-state index is 14.1. The van der Waals surface area contributed by atoms with Crippen LogP contribution in [0.5, 0.6) is 0 Å². The Labute approximate surface area is 183 Å². The molecule has 1 amide bonds.